The van der Waals surface area contributed by atoms with Crippen molar-refractivity contribution in [2.24, 2.45) is 11.8 Å². The van der Waals surface area contributed by atoms with Crippen molar-refractivity contribution in [1.82, 2.24) is 9.80 Å². The minimum Gasteiger partial charge on any atom is -0.395 e. The third-order valence-corrected chi connectivity index (χ3v) is 9.98. The van der Waals surface area contributed by atoms with Crippen molar-refractivity contribution in [3.63, 3.8) is 0 Å². The Balaban J connectivity index is 1.79. The molecule has 8 heteroatoms. The van der Waals surface area contributed by atoms with E-state index in [9.17, 15) is 19.5 Å². The molecule has 0 aromatic heterocycles. The summed E-state index contributed by atoms with van der Waals surface area (Å²) >= 11 is 1.65. The third kappa shape index (κ3) is 3.98. The number of para-hydroxylation sites is 1. The lowest BCUT2D eigenvalue weighted by molar-refractivity contribution is -0.144. The van der Waals surface area contributed by atoms with E-state index in [1.54, 1.807) is 38.6 Å². The molecule has 36 heavy (non-hydrogen) atoms. The number of carbonyl (C=O) groups excluding carboxylic acids is 3. The van der Waals surface area contributed by atoms with Crippen LogP contribution in [0.5, 0.6) is 0 Å². The lowest BCUT2D eigenvalue weighted by atomic mass is 9.66. The van der Waals surface area contributed by atoms with E-state index in [0.29, 0.717) is 19.5 Å². The summed E-state index contributed by atoms with van der Waals surface area (Å²) in [6.45, 7) is 14.2. The number of benzene rings is 1. The highest BCUT2D eigenvalue weighted by atomic mass is 32.2. The monoisotopic (exact) mass is 511 g/mol. The molecule has 5 atom stereocenters. The van der Waals surface area contributed by atoms with Crippen molar-refractivity contribution < 1.29 is 19.5 Å². The van der Waals surface area contributed by atoms with Gasteiger partial charge in [0.15, 0.2) is 0 Å². The van der Waals surface area contributed by atoms with Crippen LogP contribution in [0.25, 0.3) is 0 Å². The van der Waals surface area contributed by atoms with Gasteiger partial charge in [0.1, 0.15) is 6.04 Å². The van der Waals surface area contributed by atoms with E-state index in [0.717, 1.165) is 12.1 Å². The molecule has 2 unspecified atom stereocenters. The smallest absolute Gasteiger partial charge is 0.247 e. The molecule has 194 valence electrons. The highest BCUT2D eigenvalue weighted by Gasteiger charge is 2.77. The fourth-order valence-electron chi connectivity index (χ4n) is 6.51. The molecular weight excluding hydrogens is 474 g/mol. The molecular formula is C28H37N3O4S. The molecule has 0 radical (unpaired) electrons. The van der Waals surface area contributed by atoms with Gasteiger partial charge < -0.3 is 19.8 Å². The predicted octanol–water partition coefficient (Wildman–Crippen LogP) is 3.10. The molecule has 3 amide bonds. The van der Waals surface area contributed by atoms with Crippen LogP contribution in [0.2, 0.25) is 0 Å². The number of hydrogen-bond acceptors (Lipinski definition) is 5. The SMILES string of the molecule is C=CCN(C(=O)[C@H]1[C@H]2C(=O)N(CCO)C(C(=O)N(CC=C)C(C)C)C23CC[C@]1(C)S3)c1ccccc1. The van der Waals surface area contributed by atoms with Crippen molar-refractivity contribution in [3.05, 3.63) is 55.6 Å². The molecule has 3 saturated heterocycles. The molecule has 2 bridgehead atoms. The van der Waals surface area contributed by atoms with E-state index >= 15 is 0 Å². The summed E-state index contributed by atoms with van der Waals surface area (Å²) in [4.78, 5) is 47.3. The zero-order valence-electron chi connectivity index (χ0n) is 21.4. The van der Waals surface area contributed by atoms with E-state index in [1.807, 2.05) is 44.2 Å². The second-order valence-electron chi connectivity index (χ2n) is 10.4. The number of amides is 3. The Labute approximate surface area is 218 Å². The number of likely N-dealkylation sites (tertiary alicyclic amines) is 1. The second kappa shape index (κ2) is 10.1. The average molecular weight is 512 g/mol. The lowest BCUT2D eigenvalue weighted by Gasteiger charge is -2.39. The predicted molar refractivity (Wildman–Crippen MR) is 144 cm³/mol. The van der Waals surface area contributed by atoms with E-state index in [-0.39, 0.29) is 36.9 Å². The van der Waals surface area contributed by atoms with E-state index in [4.69, 9.17) is 0 Å². The van der Waals surface area contributed by atoms with Crippen LogP contribution >= 0.6 is 11.8 Å². The van der Waals surface area contributed by atoms with Gasteiger partial charge in [-0.15, -0.1) is 24.9 Å². The normalized spacial score (nSPS) is 30.4. The molecule has 3 aliphatic heterocycles. The van der Waals surface area contributed by atoms with Gasteiger partial charge >= 0.3 is 0 Å². The zero-order chi connectivity index (χ0) is 26.3. The van der Waals surface area contributed by atoms with Crippen LogP contribution in [0.1, 0.15) is 33.6 Å². The molecule has 0 aliphatic carbocycles. The van der Waals surface area contributed by atoms with Crippen molar-refractivity contribution in [1.29, 1.82) is 0 Å². The fourth-order valence-corrected chi connectivity index (χ4v) is 8.85. The van der Waals surface area contributed by atoms with Crippen molar-refractivity contribution in [2.75, 3.05) is 31.1 Å². The van der Waals surface area contributed by atoms with Crippen LogP contribution in [-0.2, 0) is 14.4 Å². The van der Waals surface area contributed by atoms with E-state index < -0.39 is 27.4 Å². The minimum absolute atomic E-state index is 0.0702. The van der Waals surface area contributed by atoms with E-state index in [1.165, 1.54) is 0 Å². The highest BCUT2D eigenvalue weighted by molar-refractivity contribution is 8.02. The van der Waals surface area contributed by atoms with Crippen LogP contribution in [0.3, 0.4) is 0 Å². The first-order valence-electron chi connectivity index (χ1n) is 12.7. The number of nitrogens with zero attached hydrogens (tertiary/aromatic N) is 3. The Morgan fingerprint density at radius 2 is 1.83 bits per heavy atom. The molecule has 3 heterocycles. The van der Waals surface area contributed by atoms with Gasteiger partial charge in [0.2, 0.25) is 17.7 Å². The summed E-state index contributed by atoms with van der Waals surface area (Å²) in [6, 6.07) is 8.64. The Morgan fingerprint density at radius 3 is 2.42 bits per heavy atom. The number of aliphatic hydroxyl groups is 1. The summed E-state index contributed by atoms with van der Waals surface area (Å²) < 4.78 is -1.17. The lowest BCUT2D eigenvalue weighted by Crippen LogP contribution is -2.56. The summed E-state index contributed by atoms with van der Waals surface area (Å²) in [6.07, 6.45) is 4.81. The minimum atomic E-state index is -0.723. The fraction of sp³-hybridized carbons (Fsp3) is 0.536. The number of thioether (sulfide) groups is 1. The van der Waals surface area contributed by atoms with Gasteiger partial charge in [-0.3, -0.25) is 14.4 Å². The first-order chi connectivity index (χ1) is 17.2. The van der Waals surface area contributed by atoms with Gasteiger partial charge in [-0.25, -0.2) is 0 Å². The van der Waals surface area contributed by atoms with Crippen molar-refractivity contribution in [2.45, 2.75) is 55.2 Å². The molecule has 1 N–H and O–H groups in total. The summed E-state index contributed by atoms with van der Waals surface area (Å²) in [5.74, 6) is -1.65. The number of carbonyl (C=O) groups is 3. The standard InChI is InChI=1S/C28H37N3O4S/c1-6-15-29(19(3)4)26(35)23-28-14-13-27(5,36-28)21(22(28)25(34)31(23)17-18-32)24(33)30(16-7-2)20-11-9-8-10-12-20/h6-12,19,21-23,32H,1-2,13-18H2,3-5H3/t21-,22+,23?,27+,28?/m1/s1. The molecule has 3 fully saturated rings. The average Bonchev–Trinajstić information content (AvgIpc) is 3.42. The number of hydrogen-bond donors (Lipinski definition) is 1. The largest absolute Gasteiger partial charge is 0.395 e. The first kappa shape index (κ1) is 26.5. The quantitative estimate of drug-likeness (QED) is 0.489. The number of fused-ring (bicyclic) bond motifs is 1. The van der Waals surface area contributed by atoms with Gasteiger partial charge in [-0.1, -0.05) is 30.4 Å². The Kier molecular flexibility index (Phi) is 7.40. The van der Waals surface area contributed by atoms with Crippen LogP contribution in [-0.4, -0.2) is 80.4 Å². The molecule has 1 aromatic rings. The van der Waals surface area contributed by atoms with Gasteiger partial charge in [-0.2, -0.15) is 0 Å². The maximum atomic E-state index is 14.2. The van der Waals surface area contributed by atoms with Crippen LogP contribution in [0, 0.1) is 11.8 Å². The molecule has 3 aliphatic rings. The molecule has 7 nitrogen and oxygen atoms in total. The van der Waals surface area contributed by atoms with Gasteiger partial charge in [0.05, 0.1) is 23.2 Å². The highest BCUT2D eigenvalue weighted by Crippen LogP contribution is 2.71. The Hall–Kier alpha value is -2.58. The summed E-state index contributed by atoms with van der Waals surface area (Å²) in [5.41, 5.74) is 0.759. The first-order valence-corrected chi connectivity index (χ1v) is 13.5. The Bertz CT molecular complexity index is 1050. The summed E-state index contributed by atoms with van der Waals surface area (Å²) in [5, 5.41) is 9.83. The number of aliphatic hydroxyl groups excluding tert-OH is 1. The molecule has 4 rings (SSSR count). The van der Waals surface area contributed by atoms with E-state index in [2.05, 4.69) is 20.1 Å². The summed E-state index contributed by atoms with van der Waals surface area (Å²) in [7, 11) is 0. The van der Waals surface area contributed by atoms with Crippen molar-refractivity contribution >= 4 is 35.2 Å². The molecule has 0 saturated carbocycles. The number of rotatable bonds is 10. The maximum Gasteiger partial charge on any atom is 0.247 e. The van der Waals surface area contributed by atoms with Crippen LogP contribution in [0.4, 0.5) is 5.69 Å². The van der Waals surface area contributed by atoms with Crippen molar-refractivity contribution in [3.8, 4) is 0 Å². The van der Waals surface area contributed by atoms with Crippen LogP contribution in [0.15, 0.2) is 55.6 Å². The van der Waals surface area contributed by atoms with Gasteiger partial charge in [0, 0.05) is 36.1 Å². The third-order valence-electron chi connectivity index (χ3n) is 8.00. The second-order valence-corrected chi connectivity index (χ2v) is 12.3. The van der Waals surface area contributed by atoms with Gasteiger partial charge in [-0.05, 0) is 45.7 Å². The van der Waals surface area contributed by atoms with Gasteiger partial charge in [0.25, 0.3) is 0 Å². The molecule has 1 spiro atoms. The maximum absolute atomic E-state index is 14.2. The topological polar surface area (TPSA) is 81.2 Å². The Morgan fingerprint density at radius 1 is 1.17 bits per heavy atom. The zero-order valence-corrected chi connectivity index (χ0v) is 22.2. The molecule has 1 aromatic carbocycles. The number of β-amino-alcohol motifs (C(OH)–C–C–N with tert-alkyl or cyclic N) is 1. The van der Waals surface area contributed by atoms with Crippen LogP contribution < -0.4 is 4.90 Å². The number of anilines is 1.